The molecule has 4 heteroatoms. The lowest BCUT2D eigenvalue weighted by molar-refractivity contribution is 0.542. The molecule has 1 atom stereocenters. The summed E-state index contributed by atoms with van der Waals surface area (Å²) in [7, 11) is 1.85. The summed E-state index contributed by atoms with van der Waals surface area (Å²) in [6.45, 7) is 2.04. The summed E-state index contributed by atoms with van der Waals surface area (Å²) in [4.78, 5) is 17.6. The van der Waals surface area contributed by atoms with E-state index in [-0.39, 0.29) is 11.6 Å². The predicted octanol–water partition coefficient (Wildman–Crippen LogP) is 0.440. The molecule has 1 heterocycles. The van der Waals surface area contributed by atoms with E-state index < -0.39 is 0 Å². The topological polar surface area (TPSA) is 57.8 Å². The molecule has 0 amide bonds. The van der Waals surface area contributed by atoms with Gasteiger partial charge in [-0.3, -0.25) is 4.79 Å². The molecule has 4 nitrogen and oxygen atoms in total. The molecule has 0 aliphatic heterocycles. The molecule has 2 N–H and O–H groups in total. The van der Waals surface area contributed by atoms with Gasteiger partial charge in [-0.2, -0.15) is 0 Å². The van der Waals surface area contributed by atoms with Gasteiger partial charge in [-0.1, -0.05) is 6.92 Å². The van der Waals surface area contributed by atoms with Gasteiger partial charge in [-0.05, 0) is 13.5 Å². The van der Waals surface area contributed by atoms with E-state index in [0.29, 0.717) is 5.82 Å². The van der Waals surface area contributed by atoms with E-state index in [1.807, 2.05) is 14.0 Å². The van der Waals surface area contributed by atoms with E-state index in [9.17, 15) is 4.79 Å². The van der Waals surface area contributed by atoms with Crippen LogP contribution in [0.25, 0.3) is 0 Å². The van der Waals surface area contributed by atoms with Crippen LogP contribution < -0.4 is 10.9 Å². The Labute approximate surface area is 71.0 Å². The summed E-state index contributed by atoms with van der Waals surface area (Å²) in [6.07, 6.45) is 2.43. The maximum atomic E-state index is 10.9. The molecule has 1 aromatic heterocycles. The molecule has 0 aliphatic rings. The maximum Gasteiger partial charge on any atom is 0.250 e. The van der Waals surface area contributed by atoms with E-state index in [1.54, 1.807) is 0 Å². The molecule has 0 aliphatic carbocycles. The largest absolute Gasteiger partial charge is 0.310 e. The quantitative estimate of drug-likeness (QED) is 0.686. The van der Waals surface area contributed by atoms with Gasteiger partial charge < -0.3 is 10.3 Å². The van der Waals surface area contributed by atoms with Gasteiger partial charge >= 0.3 is 0 Å². The standard InChI is InChI=1S/C8H13N3O/c1-3-6(9-2)8-10-5-4-7(12)11-8/h4-6,9H,3H2,1-2H3,(H,10,11,12). The van der Waals surface area contributed by atoms with Gasteiger partial charge in [0, 0.05) is 12.3 Å². The average Bonchev–Trinajstić information content (AvgIpc) is 2.07. The number of H-pyrrole nitrogens is 1. The van der Waals surface area contributed by atoms with Crippen LogP contribution in [0.2, 0.25) is 0 Å². The fourth-order valence-corrected chi connectivity index (χ4v) is 1.10. The molecule has 12 heavy (non-hydrogen) atoms. The van der Waals surface area contributed by atoms with E-state index in [0.717, 1.165) is 6.42 Å². The molecule has 0 spiro atoms. The van der Waals surface area contributed by atoms with Crippen molar-refractivity contribution >= 4 is 0 Å². The van der Waals surface area contributed by atoms with E-state index >= 15 is 0 Å². The fourth-order valence-electron chi connectivity index (χ4n) is 1.10. The fraction of sp³-hybridized carbons (Fsp3) is 0.500. The summed E-state index contributed by atoms with van der Waals surface area (Å²) in [5.74, 6) is 0.701. The van der Waals surface area contributed by atoms with Crippen LogP contribution in [0.3, 0.4) is 0 Å². The first-order valence-corrected chi connectivity index (χ1v) is 4.00. The minimum atomic E-state index is -0.103. The molecular weight excluding hydrogens is 154 g/mol. The molecule has 0 fully saturated rings. The van der Waals surface area contributed by atoms with Gasteiger partial charge in [-0.25, -0.2) is 4.98 Å². The molecule has 66 valence electrons. The van der Waals surface area contributed by atoms with Crippen LogP contribution in [-0.4, -0.2) is 17.0 Å². The van der Waals surface area contributed by atoms with Crippen molar-refractivity contribution in [3.8, 4) is 0 Å². The van der Waals surface area contributed by atoms with Crippen molar-refractivity contribution in [2.75, 3.05) is 7.05 Å². The van der Waals surface area contributed by atoms with Gasteiger partial charge in [-0.15, -0.1) is 0 Å². The van der Waals surface area contributed by atoms with E-state index in [4.69, 9.17) is 0 Å². The minimum Gasteiger partial charge on any atom is -0.310 e. The Morgan fingerprint density at radius 3 is 3.00 bits per heavy atom. The molecule has 0 saturated carbocycles. The highest BCUT2D eigenvalue weighted by atomic mass is 16.1. The van der Waals surface area contributed by atoms with Crippen LogP contribution in [-0.2, 0) is 0 Å². The molecule has 0 radical (unpaired) electrons. The monoisotopic (exact) mass is 167 g/mol. The second-order valence-electron chi connectivity index (χ2n) is 2.57. The van der Waals surface area contributed by atoms with E-state index in [1.165, 1.54) is 12.3 Å². The van der Waals surface area contributed by atoms with Crippen LogP contribution in [0.15, 0.2) is 17.1 Å². The molecule has 0 saturated heterocycles. The number of aromatic nitrogens is 2. The summed E-state index contributed by atoms with van der Waals surface area (Å²) >= 11 is 0. The number of nitrogens with zero attached hydrogens (tertiary/aromatic N) is 1. The first-order chi connectivity index (χ1) is 5.77. The number of hydrogen-bond acceptors (Lipinski definition) is 3. The first kappa shape index (κ1) is 8.93. The zero-order chi connectivity index (χ0) is 8.97. The van der Waals surface area contributed by atoms with Gasteiger partial charge in [0.1, 0.15) is 5.82 Å². The average molecular weight is 167 g/mol. The zero-order valence-electron chi connectivity index (χ0n) is 7.29. The predicted molar refractivity (Wildman–Crippen MR) is 46.9 cm³/mol. The van der Waals surface area contributed by atoms with Gasteiger partial charge in [0.2, 0.25) is 0 Å². The van der Waals surface area contributed by atoms with Crippen LogP contribution in [0, 0.1) is 0 Å². The van der Waals surface area contributed by atoms with Gasteiger partial charge in [0.05, 0.1) is 6.04 Å². The van der Waals surface area contributed by atoms with Crippen LogP contribution in [0.4, 0.5) is 0 Å². The number of hydrogen-bond donors (Lipinski definition) is 2. The number of nitrogens with one attached hydrogen (secondary N) is 2. The molecule has 1 rings (SSSR count). The second kappa shape index (κ2) is 4.01. The van der Waals surface area contributed by atoms with Gasteiger partial charge in [0.25, 0.3) is 5.56 Å². The van der Waals surface area contributed by atoms with Crippen molar-refractivity contribution < 1.29 is 0 Å². The lowest BCUT2D eigenvalue weighted by Gasteiger charge is -2.11. The van der Waals surface area contributed by atoms with Crippen molar-refractivity contribution in [3.05, 3.63) is 28.4 Å². The lowest BCUT2D eigenvalue weighted by atomic mass is 10.2. The third kappa shape index (κ3) is 1.92. The Morgan fingerprint density at radius 2 is 2.50 bits per heavy atom. The lowest BCUT2D eigenvalue weighted by Crippen LogP contribution is -2.21. The summed E-state index contributed by atoms with van der Waals surface area (Å²) in [6, 6.07) is 1.55. The summed E-state index contributed by atoms with van der Waals surface area (Å²) in [5, 5.41) is 3.06. The molecule has 1 aromatic rings. The SMILES string of the molecule is CCC(NC)c1nccc(=O)[nH]1. The molecule has 1 unspecified atom stereocenters. The highest BCUT2D eigenvalue weighted by Gasteiger charge is 2.07. The van der Waals surface area contributed by atoms with Crippen LogP contribution >= 0.6 is 0 Å². The Hall–Kier alpha value is -1.16. The number of rotatable bonds is 3. The molecule has 0 aromatic carbocycles. The normalized spacial score (nSPS) is 12.8. The smallest absolute Gasteiger partial charge is 0.250 e. The maximum absolute atomic E-state index is 10.9. The van der Waals surface area contributed by atoms with Crippen LogP contribution in [0.1, 0.15) is 25.2 Å². The second-order valence-corrected chi connectivity index (χ2v) is 2.57. The Kier molecular flexibility index (Phi) is 2.99. The molecular formula is C8H13N3O. The first-order valence-electron chi connectivity index (χ1n) is 4.00. The Balaban J connectivity index is 2.93. The van der Waals surface area contributed by atoms with Gasteiger partial charge in [0.15, 0.2) is 0 Å². The van der Waals surface area contributed by atoms with E-state index in [2.05, 4.69) is 15.3 Å². The highest BCUT2D eigenvalue weighted by molar-refractivity contribution is 4.95. The zero-order valence-corrected chi connectivity index (χ0v) is 7.29. The molecule has 0 bridgehead atoms. The number of aromatic amines is 1. The summed E-state index contributed by atoms with van der Waals surface area (Å²) in [5.41, 5.74) is -0.103. The van der Waals surface area contributed by atoms with Crippen molar-refractivity contribution in [2.45, 2.75) is 19.4 Å². The third-order valence-corrected chi connectivity index (χ3v) is 1.78. The van der Waals surface area contributed by atoms with Crippen molar-refractivity contribution in [2.24, 2.45) is 0 Å². The Morgan fingerprint density at radius 1 is 1.75 bits per heavy atom. The Bertz CT molecular complexity index is 290. The highest BCUT2D eigenvalue weighted by Crippen LogP contribution is 2.07. The van der Waals surface area contributed by atoms with Crippen molar-refractivity contribution in [3.63, 3.8) is 0 Å². The van der Waals surface area contributed by atoms with Crippen molar-refractivity contribution in [1.82, 2.24) is 15.3 Å². The van der Waals surface area contributed by atoms with Crippen LogP contribution in [0.5, 0.6) is 0 Å². The van der Waals surface area contributed by atoms with Crippen molar-refractivity contribution in [1.29, 1.82) is 0 Å². The minimum absolute atomic E-state index is 0.103. The summed E-state index contributed by atoms with van der Waals surface area (Å²) < 4.78 is 0. The third-order valence-electron chi connectivity index (χ3n) is 1.78.